The Balaban J connectivity index is 2.28. The van der Waals surface area contributed by atoms with Crippen LogP contribution in [0.3, 0.4) is 0 Å². The first-order valence-corrected chi connectivity index (χ1v) is 7.85. The van der Waals surface area contributed by atoms with Crippen molar-refractivity contribution in [1.29, 1.82) is 0 Å². The first-order chi connectivity index (χ1) is 9.25. The molecule has 0 aromatic rings. The summed E-state index contributed by atoms with van der Waals surface area (Å²) in [5.41, 5.74) is -0.120. The maximum Gasteiger partial charge on any atom is 0.226 e. The van der Waals surface area contributed by atoms with Crippen LogP contribution < -0.4 is 10.6 Å². The van der Waals surface area contributed by atoms with Crippen LogP contribution in [-0.2, 0) is 4.79 Å². The van der Waals surface area contributed by atoms with E-state index >= 15 is 0 Å². The van der Waals surface area contributed by atoms with E-state index in [0.717, 1.165) is 71.0 Å². The number of aliphatic hydroxyl groups excluding tert-OH is 1. The number of hydrogen-bond donors (Lipinski definition) is 3. The molecule has 112 valence electrons. The maximum atomic E-state index is 12.4. The topological polar surface area (TPSA) is 61.4 Å². The van der Waals surface area contributed by atoms with Gasteiger partial charge in [-0.3, -0.25) is 4.79 Å². The van der Waals surface area contributed by atoms with Crippen molar-refractivity contribution in [3.05, 3.63) is 0 Å². The van der Waals surface area contributed by atoms with Gasteiger partial charge in [0, 0.05) is 13.2 Å². The van der Waals surface area contributed by atoms with Gasteiger partial charge in [0.2, 0.25) is 5.91 Å². The van der Waals surface area contributed by atoms with Gasteiger partial charge in [0.05, 0.1) is 5.41 Å². The molecule has 0 aromatic heterocycles. The fourth-order valence-corrected chi connectivity index (χ4v) is 2.95. The van der Waals surface area contributed by atoms with Crippen LogP contribution in [0.25, 0.3) is 0 Å². The van der Waals surface area contributed by atoms with Crippen LogP contribution in [0.1, 0.15) is 58.3 Å². The summed E-state index contributed by atoms with van der Waals surface area (Å²) in [5.74, 6) is 0.262. The van der Waals surface area contributed by atoms with Crippen LogP contribution in [-0.4, -0.2) is 37.3 Å². The predicted octanol–water partition coefficient (Wildman–Crippen LogP) is 1.83. The zero-order valence-electron chi connectivity index (χ0n) is 12.3. The summed E-state index contributed by atoms with van der Waals surface area (Å²) in [6, 6.07) is 0. The Kier molecular flexibility index (Phi) is 8.07. The summed E-state index contributed by atoms with van der Waals surface area (Å²) in [5, 5.41) is 15.2. The highest BCUT2D eigenvalue weighted by Gasteiger charge is 2.38. The average Bonchev–Trinajstić information content (AvgIpc) is 2.44. The molecule has 0 radical (unpaired) electrons. The largest absolute Gasteiger partial charge is 0.396 e. The van der Waals surface area contributed by atoms with E-state index in [1.165, 1.54) is 0 Å². The number of carbonyl (C=O) groups excluding carboxylic acids is 1. The molecule has 0 saturated carbocycles. The third kappa shape index (κ3) is 5.49. The molecule has 0 atom stereocenters. The summed E-state index contributed by atoms with van der Waals surface area (Å²) < 4.78 is 0. The van der Waals surface area contributed by atoms with E-state index in [-0.39, 0.29) is 17.9 Å². The Morgan fingerprint density at radius 3 is 2.53 bits per heavy atom. The van der Waals surface area contributed by atoms with E-state index < -0.39 is 0 Å². The van der Waals surface area contributed by atoms with Crippen LogP contribution in [0.4, 0.5) is 0 Å². The van der Waals surface area contributed by atoms with Crippen molar-refractivity contribution < 1.29 is 9.90 Å². The Labute approximate surface area is 117 Å². The fourth-order valence-electron chi connectivity index (χ4n) is 2.95. The number of aliphatic hydroxyl groups is 1. The van der Waals surface area contributed by atoms with Gasteiger partial charge in [-0.25, -0.2) is 0 Å². The molecule has 1 aliphatic heterocycles. The predicted molar refractivity (Wildman–Crippen MR) is 78.0 cm³/mol. The third-order valence-corrected chi connectivity index (χ3v) is 4.14. The minimum Gasteiger partial charge on any atom is -0.396 e. The SMILES string of the molecule is CCCC1(C(=O)NCCCCCCO)CCNCC1. The summed E-state index contributed by atoms with van der Waals surface area (Å²) in [6.45, 7) is 5.14. The molecule has 0 aromatic carbocycles. The standard InChI is InChI=1S/C15H30N2O2/c1-2-7-15(8-11-16-12-9-15)14(19)17-10-5-3-4-6-13-18/h16,18H,2-13H2,1H3,(H,17,19). The Morgan fingerprint density at radius 2 is 1.89 bits per heavy atom. The van der Waals surface area contributed by atoms with Gasteiger partial charge < -0.3 is 15.7 Å². The first-order valence-electron chi connectivity index (χ1n) is 7.85. The van der Waals surface area contributed by atoms with Crippen LogP contribution in [0.5, 0.6) is 0 Å². The number of nitrogens with one attached hydrogen (secondary N) is 2. The Morgan fingerprint density at radius 1 is 1.21 bits per heavy atom. The normalized spacial score (nSPS) is 18.2. The Bertz CT molecular complexity index is 245. The van der Waals surface area contributed by atoms with Crippen molar-refractivity contribution in [2.45, 2.75) is 58.3 Å². The van der Waals surface area contributed by atoms with E-state index in [2.05, 4.69) is 17.6 Å². The van der Waals surface area contributed by atoms with E-state index in [1.807, 2.05) is 0 Å². The molecule has 1 amide bonds. The van der Waals surface area contributed by atoms with Crippen LogP contribution in [0.2, 0.25) is 0 Å². The molecule has 1 rings (SSSR count). The summed E-state index contributed by atoms with van der Waals surface area (Å²) in [7, 11) is 0. The van der Waals surface area contributed by atoms with Gasteiger partial charge in [-0.05, 0) is 45.2 Å². The van der Waals surface area contributed by atoms with Gasteiger partial charge in [-0.15, -0.1) is 0 Å². The van der Waals surface area contributed by atoms with E-state index in [4.69, 9.17) is 5.11 Å². The minimum absolute atomic E-state index is 0.120. The smallest absolute Gasteiger partial charge is 0.226 e. The van der Waals surface area contributed by atoms with Crippen molar-refractivity contribution in [3.8, 4) is 0 Å². The first kappa shape index (κ1) is 16.4. The molecule has 0 unspecified atom stereocenters. The van der Waals surface area contributed by atoms with Crippen LogP contribution in [0.15, 0.2) is 0 Å². The van der Waals surface area contributed by atoms with Crippen molar-refractivity contribution in [3.63, 3.8) is 0 Å². The molecule has 3 N–H and O–H groups in total. The van der Waals surface area contributed by atoms with Crippen molar-refractivity contribution in [1.82, 2.24) is 10.6 Å². The van der Waals surface area contributed by atoms with Crippen LogP contribution in [0, 0.1) is 5.41 Å². The zero-order valence-corrected chi connectivity index (χ0v) is 12.3. The van der Waals surface area contributed by atoms with Gasteiger partial charge in [0.15, 0.2) is 0 Å². The molecule has 4 nitrogen and oxygen atoms in total. The molecule has 1 heterocycles. The van der Waals surface area contributed by atoms with Gasteiger partial charge in [-0.1, -0.05) is 26.2 Å². The molecule has 0 spiro atoms. The maximum absolute atomic E-state index is 12.4. The van der Waals surface area contributed by atoms with E-state index in [1.54, 1.807) is 0 Å². The van der Waals surface area contributed by atoms with Crippen molar-refractivity contribution in [2.24, 2.45) is 5.41 Å². The molecule has 0 bridgehead atoms. The number of hydrogen-bond acceptors (Lipinski definition) is 3. The number of carbonyl (C=O) groups is 1. The van der Waals surface area contributed by atoms with Gasteiger partial charge in [-0.2, -0.15) is 0 Å². The monoisotopic (exact) mass is 270 g/mol. The highest BCUT2D eigenvalue weighted by Crippen LogP contribution is 2.34. The summed E-state index contributed by atoms with van der Waals surface area (Å²) in [6.07, 6.45) is 8.05. The van der Waals surface area contributed by atoms with Crippen molar-refractivity contribution in [2.75, 3.05) is 26.2 Å². The van der Waals surface area contributed by atoms with E-state index in [0.29, 0.717) is 0 Å². The fraction of sp³-hybridized carbons (Fsp3) is 0.933. The second-order valence-corrected chi connectivity index (χ2v) is 5.67. The van der Waals surface area contributed by atoms with E-state index in [9.17, 15) is 4.79 Å². The second kappa shape index (κ2) is 9.32. The molecular formula is C15H30N2O2. The summed E-state index contributed by atoms with van der Waals surface area (Å²) in [4.78, 5) is 12.4. The number of amides is 1. The third-order valence-electron chi connectivity index (χ3n) is 4.14. The van der Waals surface area contributed by atoms with Gasteiger partial charge in [0.1, 0.15) is 0 Å². The quantitative estimate of drug-likeness (QED) is 0.560. The zero-order chi connectivity index (χ0) is 14.0. The number of rotatable bonds is 9. The number of unbranched alkanes of at least 4 members (excludes halogenated alkanes) is 3. The minimum atomic E-state index is -0.120. The highest BCUT2D eigenvalue weighted by molar-refractivity contribution is 5.82. The Hall–Kier alpha value is -0.610. The molecule has 19 heavy (non-hydrogen) atoms. The molecule has 1 saturated heterocycles. The van der Waals surface area contributed by atoms with Crippen LogP contribution >= 0.6 is 0 Å². The van der Waals surface area contributed by atoms with Gasteiger partial charge >= 0.3 is 0 Å². The highest BCUT2D eigenvalue weighted by atomic mass is 16.2. The lowest BCUT2D eigenvalue weighted by molar-refractivity contribution is -0.133. The molecule has 4 heteroatoms. The number of piperidine rings is 1. The molecule has 0 aliphatic carbocycles. The lowest BCUT2D eigenvalue weighted by Gasteiger charge is -2.36. The summed E-state index contributed by atoms with van der Waals surface area (Å²) >= 11 is 0. The average molecular weight is 270 g/mol. The lowest BCUT2D eigenvalue weighted by Crippen LogP contribution is -2.47. The molecular weight excluding hydrogens is 240 g/mol. The molecule has 1 aliphatic rings. The molecule has 1 fully saturated rings. The van der Waals surface area contributed by atoms with Gasteiger partial charge in [0.25, 0.3) is 0 Å². The second-order valence-electron chi connectivity index (χ2n) is 5.67. The van der Waals surface area contributed by atoms with Crippen molar-refractivity contribution >= 4 is 5.91 Å². The lowest BCUT2D eigenvalue weighted by atomic mass is 9.74.